The van der Waals surface area contributed by atoms with E-state index in [1.54, 1.807) is 5.38 Å². The molecule has 2 aromatic heterocycles. The first kappa shape index (κ1) is 12.6. The van der Waals surface area contributed by atoms with Gasteiger partial charge in [-0.15, -0.1) is 0 Å². The minimum absolute atomic E-state index is 0.161. The number of carbonyl (C=O) groups excluding carboxylic acids is 1. The number of nitrogens with zero attached hydrogens (tertiary/aromatic N) is 1. The van der Waals surface area contributed by atoms with Crippen LogP contribution in [-0.2, 0) is 6.54 Å². The van der Waals surface area contributed by atoms with Crippen LogP contribution in [0.25, 0.3) is 0 Å². The third-order valence-electron chi connectivity index (χ3n) is 2.16. The molecule has 0 bridgehead atoms. The second-order valence-corrected chi connectivity index (χ2v) is 4.68. The van der Waals surface area contributed by atoms with Crippen LogP contribution in [0.15, 0.2) is 22.4 Å². The van der Waals surface area contributed by atoms with E-state index < -0.39 is 0 Å². The molecule has 0 saturated carbocycles. The molecule has 8 heteroatoms. The number of rotatable bonds is 3. The highest BCUT2D eigenvalue weighted by Crippen LogP contribution is 2.14. The number of nitrogen functional groups attached to an aromatic ring is 1. The molecule has 6 nitrogen and oxygen atoms in total. The van der Waals surface area contributed by atoms with E-state index in [2.05, 4.69) is 15.3 Å². The number of amides is 1. The van der Waals surface area contributed by atoms with Crippen LogP contribution in [0.3, 0.4) is 0 Å². The molecule has 0 aliphatic carbocycles. The van der Waals surface area contributed by atoms with Crippen molar-refractivity contribution in [1.29, 1.82) is 0 Å². The largest absolute Gasteiger partial charge is 0.397 e. The summed E-state index contributed by atoms with van der Waals surface area (Å²) in [6, 6.07) is 1.39. The zero-order chi connectivity index (χ0) is 13.1. The molecule has 0 aliphatic heterocycles. The quantitative estimate of drug-likeness (QED) is 0.732. The van der Waals surface area contributed by atoms with Gasteiger partial charge in [0.05, 0.1) is 24.0 Å². The smallest absolute Gasteiger partial charge is 0.304 e. The molecule has 0 aromatic carbocycles. The molecule has 0 saturated heterocycles. The summed E-state index contributed by atoms with van der Waals surface area (Å²) in [5, 5.41) is 4.46. The van der Waals surface area contributed by atoms with Crippen molar-refractivity contribution in [3.05, 3.63) is 43.7 Å². The van der Waals surface area contributed by atoms with Crippen LogP contribution in [0.2, 0.25) is 5.15 Å². The zero-order valence-electron chi connectivity index (χ0n) is 9.07. The van der Waals surface area contributed by atoms with Crippen LogP contribution in [0.1, 0.15) is 16.1 Å². The Bertz CT molecular complexity index is 637. The van der Waals surface area contributed by atoms with Crippen molar-refractivity contribution >= 4 is 34.5 Å². The van der Waals surface area contributed by atoms with Crippen molar-refractivity contribution < 1.29 is 4.79 Å². The van der Waals surface area contributed by atoms with Crippen molar-refractivity contribution in [2.24, 2.45) is 0 Å². The SMILES string of the molecule is Nc1cnc(Cl)cc1C(=O)NCc1csc(=O)[nH]1. The van der Waals surface area contributed by atoms with Gasteiger partial charge < -0.3 is 16.0 Å². The number of aromatic amines is 1. The number of nitrogens with two attached hydrogens (primary N) is 1. The Morgan fingerprint density at radius 2 is 2.39 bits per heavy atom. The van der Waals surface area contributed by atoms with Gasteiger partial charge in [0.2, 0.25) is 0 Å². The van der Waals surface area contributed by atoms with Crippen LogP contribution in [0, 0.1) is 0 Å². The molecule has 2 heterocycles. The molecule has 0 unspecified atom stereocenters. The summed E-state index contributed by atoms with van der Waals surface area (Å²) in [6.07, 6.45) is 1.32. The van der Waals surface area contributed by atoms with Crippen molar-refractivity contribution in [1.82, 2.24) is 15.3 Å². The number of anilines is 1. The maximum atomic E-state index is 11.8. The lowest BCUT2D eigenvalue weighted by Gasteiger charge is -2.06. The second-order valence-electron chi connectivity index (χ2n) is 3.45. The van der Waals surface area contributed by atoms with Gasteiger partial charge in [-0.3, -0.25) is 9.59 Å². The van der Waals surface area contributed by atoms with Gasteiger partial charge in [0.15, 0.2) is 0 Å². The van der Waals surface area contributed by atoms with E-state index in [1.165, 1.54) is 12.3 Å². The number of pyridine rings is 1. The summed E-state index contributed by atoms with van der Waals surface area (Å²) in [5.41, 5.74) is 6.76. The van der Waals surface area contributed by atoms with Crippen LogP contribution in [-0.4, -0.2) is 15.9 Å². The highest BCUT2D eigenvalue weighted by Gasteiger charge is 2.11. The van der Waals surface area contributed by atoms with Gasteiger partial charge in [-0.1, -0.05) is 22.9 Å². The molecule has 2 rings (SSSR count). The molecule has 0 fully saturated rings. The monoisotopic (exact) mass is 284 g/mol. The fourth-order valence-electron chi connectivity index (χ4n) is 1.31. The molecular weight excluding hydrogens is 276 g/mol. The normalized spacial score (nSPS) is 10.3. The van der Waals surface area contributed by atoms with Gasteiger partial charge in [0.25, 0.3) is 5.91 Å². The number of hydrogen-bond acceptors (Lipinski definition) is 5. The topological polar surface area (TPSA) is 101 Å². The summed E-state index contributed by atoms with van der Waals surface area (Å²) in [7, 11) is 0. The average molecular weight is 285 g/mol. The number of thiazole rings is 1. The Kier molecular flexibility index (Phi) is 3.63. The van der Waals surface area contributed by atoms with Gasteiger partial charge in [-0.05, 0) is 6.07 Å². The number of carbonyl (C=O) groups is 1. The number of aromatic nitrogens is 2. The lowest BCUT2D eigenvalue weighted by molar-refractivity contribution is 0.0951. The molecule has 0 spiro atoms. The third kappa shape index (κ3) is 2.88. The summed E-state index contributed by atoms with van der Waals surface area (Å²) in [4.78, 5) is 28.9. The fraction of sp³-hybridized carbons (Fsp3) is 0.100. The molecule has 0 atom stereocenters. The minimum Gasteiger partial charge on any atom is -0.397 e. The van der Waals surface area contributed by atoms with Crippen LogP contribution in [0.4, 0.5) is 5.69 Å². The minimum atomic E-state index is -0.371. The molecule has 0 aliphatic rings. The van der Waals surface area contributed by atoms with Gasteiger partial charge in [0, 0.05) is 11.1 Å². The third-order valence-corrected chi connectivity index (χ3v) is 3.08. The Morgan fingerprint density at radius 3 is 3.06 bits per heavy atom. The van der Waals surface area contributed by atoms with Crippen molar-refractivity contribution in [3.8, 4) is 0 Å². The second kappa shape index (κ2) is 5.19. The Morgan fingerprint density at radius 1 is 1.61 bits per heavy atom. The average Bonchev–Trinajstić information content (AvgIpc) is 2.75. The number of H-pyrrole nitrogens is 1. The summed E-state index contributed by atoms with van der Waals surface area (Å²) in [6.45, 7) is 0.219. The molecule has 4 N–H and O–H groups in total. The van der Waals surface area contributed by atoms with Gasteiger partial charge >= 0.3 is 4.87 Å². The van der Waals surface area contributed by atoms with E-state index in [0.29, 0.717) is 5.69 Å². The van der Waals surface area contributed by atoms with E-state index >= 15 is 0 Å². The number of hydrogen-bond donors (Lipinski definition) is 3. The standard InChI is InChI=1S/C10H9ClN4O2S/c11-8-1-6(7(12)3-13-8)9(16)14-2-5-4-18-10(17)15-5/h1,3-4H,2,12H2,(H,14,16)(H,15,17). The van der Waals surface area contributed by atoms with Crippen molar-refractivity contribution in [2.75, 3.05) is 5.73 Å². The molecule has 94 valence electrons. The first-order chi connectivity index (χ1) is 8.56. The Labute approximate surface area is 111 Å². The summed E-state index contributed by atoms with van der Waals surface area (Å²) < 4.78 is 0. The Hall–Kier alpha value is -1.86. The van der Waals surface area contributed by atoms with Crippen LogP contribution >= 0.6 is 22.9 Å². The first-order valence-electron chi connectivity index (χ1n) is 4.92. The van der Waals surface area contributed by atoms with Crippen LogP contribution < -0.4 is 15.9 Å². The highest BCUT2D eigenvalue weighted by molar-refractivity contribution is 7.07. The maximum Gasteiger partial charge on any atom is 0.304 e. The summed E-state index contributed by atoms with van der Waals surface area (Å²) >= 11 is 6.73. The van der Waals surface area contributed by atoms with Gasteiger partial charge in [0.1, 0.15) is 5.15 Å². The number of nitrogens with one attached hydrogen (secondary N) is 2. The molecule has 0 radical (unpaired) electrons. The van der Waals surface area contributed by atoms with Gasteiger partial charge in [-0.2, -0.15) is 0 Å². The van der Waals surface area contributed by atoms with Crippen molar-refractivity contribution in [3.63, 3.8) is 0 Å². The van der Waals surface area contributed by atoms with Gasteiger partial charge in [-0.25, -0.2) is 4.98 Å². The van der Waals surface area contributed by atoms with E-state index in [4.69, 9.17) is 17.3 Å². The lowest BCUT2D eigenvalue weighted by atomic mass is 10.2. The fourth-order valence-corrected chi connectivity index (χ4v) is 2.05. The zero-order valence-corrected chi connectivity index (χ0v) is 10.6. The summed E-state index contributed by atoms with van der Waals surface area (Å²) in [5.74, 6) is -0.371. The molecule has 2 aromatic rings. The lowest BCUT2D eigenvalue weighted by Crippen LogP contribution is -2.24. The van der Waals surface area contributed by atoms with E-state index in [1.807, 2.05) is 0 Å². The van der Waals surface area contributed by atoms with E-state index in [0.717, 1.165) is 11.3 Å². The predicted octanol–water partition coefficient (Wildman–Crippen LogP) is 0.997. The maximum absolute atomic E-state index is 11.8. The Balaban J connectivity index is 2.08. The predicted molar refractivity (Wildman–Crippen MR) is 69.8 cm³/mol. The number of halogens is 1. The van der Waals surface area contributed by atoms with Crippen molar-refractivity contribution in [2.45, 2.75) is 6.54 Å². The first-order valence-corrected chi connectivity index (χ1v) is 6.18. The molecule has 18 heavy (non-hydrogen) atoms. The highest BCUT2D eigenvalue weighted by atomic mass is 35.5. The van der Waals surface area contributed by atoms with Crippen LogP contribution in [0.5, 0.6) is 0 Å². The molecule has 1 amide bonds. The molecular formula is C10H9ClN4O2S. The van der Waals surface area contributed by atoms with E-state index in [9.17, 15) is 9.59 Å². The van der Waals surface area contributed by atoms with E-state index in [-0.39, 0.29) is 33.7 Å².